The van der Waals surface area contributed by atoms with E-state index in [1.165, 1.54) is 0 Å². The van der Waals surface area contributed by atoms with Gasteiger partial charge in [-0.3, -0.25) is 14.6 Å². The van der Waals surface area contributed by atoms with E-state index in [0.29, 0.717) is 0 Å². The molecule has 0 aromatic heterocycles. The van der Waals surface area contributed by atoms with E-state index in [-0.39, 0.29) is 56.6 Å². The van der Waals surface area contributed by atoms with Gasteiger partial charge in [-0.1, -0.05) is 25.7 Å². The smallest absolute Gasteiger partial charge is 0.691 e. The van der Waals surface area contributed by atoms with Gasteiger partial charge in [0.15, 0.2) is 0 Å². The van der Waals surface area contributed by atoms with Crippen LogP contribution in [0.4, 0.5) is 79.0 Å². The van der Waals surface area contributed by atoms with Gasteiger partial charge in [0.05, 0.1) is 25.6 Å². The van der Waals surface area contributed by atoms with Crippen LogP contribution in [0.15, 0.2) is 0 Å². The number of halogens is 18. The van der Waals surface area contributed by atoms with Gasteiger partial charge in [0.25, 0.3) is 0 Å². The number of hydrogen-bond donors (Lipinski definition) is 0. The minimum absolute atomic E-state index is 0. The minimum atomic E-state index is -7.02. The summed E-state index contributed by atoms with van der Waals surface area (Å²) < 4.78 is 245. The third-order valence-corrected chi connectivity index (χ3v) is 7.48. The van der Waals surface area contributed by atoms with Crippen molar-refractivity contribution in [1.29, 1.82) is 0 Å². The minimum Gasteiger partial charge on any atom is -0.691 e. The second-order valence-corrected chi connectivity index (χ2v) is 11.4. The van der Waals surface area contributed by atoms with Crippen LogP contribution in [0, 0.1) is 5.92 Å². The van der Waals surface area contributed by atoms with Crippen LogP contribution < -0.4 is 24.1 Å². The Hall–Kier alpha value is -1.49. The second-order valence-electron chi connectivity index (χ2n) is 10.7. The van der Waals surface area contributed by atoms with Gasteiger partial charge < -0.3 is 14.7 Å². The van der Waals surface area contributed by atoms with Crippen LogP contribution in [0.3, 0.4) is 0 Å². The summed E-state index contributed by atoms with van der Waals surface area (Å²) in [5.74, 6) is -43.2. The number of carbonyl (C=O) groups excluding carboxylic acids is 2. The van der Waals surface area contributed by atoms with Gasteiger partial charge in [0, 0.05) is 30.6 Å². The van der Waals surface area contributed by atoms with Crippen molar-refractivity contribution in [2.45, 2.75) is 119 Å². The van der Waals surface area contributed by atoms with Crippen LogP contribution in [0.1, 0.15) is 70.6 Å². The van der Waals surface area contributed by atoms with Crippen molar-refractivity contribution in [2.24, 2.45) is 5.92 Å². The number of ether oxygens (including phenoxy) is 2. The summed E-state index contributed by atoms with van der Waals surface area (Å²) in [4.78, 5) is 24.4. The monoisotopic (exact) mass is 822 g/mol. The average Bonchev–Trinajstić information content (AvgIpc) is 2.97. The molecule has 1 unspecified atom stereocenters. The molecule has 0 aliphatic rings. The molecule has 1 atom stereocenters. The topological polar surface area (TPSA) is 94.1 Å². The van der Waals surface area contributed by atoms with Crippen LogP contribution in [0.2, 0.25) is 0 Å². The Bertz CT molecular complexity index is 1080. The number of alkyl halides is 18. The zero-order valence-corrected chi connectivity index (χ0v) is 27.4. The van der Waals surface area contributed by atoms with Gasteiger partial charge in [-0.25, -0.2) is 0 Å². The molecule has 0 radical (unpaired) electrons. The summed E-state index contributed by atoms with van der Waals surface area (Å²) in [6.45, 7) is -0.989. The molecule has 0 aromatic carbocycles. The van der Waals surface area contributed by atoms with E-state index in [1.54, 1.807) is 0 Å². The molecular weight excluding hydrogens is 793 g/mol. The molecule has 0 heterocycles. The van der Waals surface area contributed by atoms with Crippen molar-refractivity contribution in [2.75, 3.05) is 19.0 Å². The number of esters is 2. The molecule has 0 amide bonds. The van der Waals surface area contributed by atoms with E-state index < -0.39 is 130 Å². The zero-order valence-electron chi connectivity index (χ0n) is 26.5. The summed E-state index contributed by atoms with van der Waals surface area (Å²) >= 11 is 0.210. The van der Waals surface area contributed by atoms with Gasteiger partial charge in [-0.2, -0.15) is 83.4 Å². The maximum Gasteiger partial charge on any atom is 1.00 e. The molecule has 0 saturated carbocycles. The molecule has 304 valence electrons. The van der Waals surface area contributed by atoms with E-state index in [4.69, 9.17) is 9.47 Å². The zero-order chi connectivity index (χ0) is 40.2. The first kappa shape index (κ1) is 52.6. The van der Waals surface area contributed by atoms with Crippen molar-refractivity contribution < 1.29 is 132 Å². The van der Waals surface area contributed by atoms with Crippen molar-refractivity contribution in [3.63, 3.8) is 0 Å². The van der Waals surface area contributed by atoms with Gasteiger partial charge in [0.1, 0.15) is 0 Å². The molecule has 52 heavy (non-hydrogen) atoms. The molecule has 0 N–H and O–H groups in total. The number of hydrogen-bond acceptors (Lipinski definition) is 8. The predicted octanol–water partition coefficient (Wildman–Crippen LogP) is 5.79. The Morgan fingerprint density at radius 2 is 0.904 bits per heavy atom. The fourth-order valence-electron chi connectivity index (χ4n) is 3.81. The molecule has 7 nitrogen and oxygen atoms in total. The van der Waals surface area contributed by atoms with Crippen LogP contribution in [0.5, 0.6) is 0 Å². The Kier molecular flexibility index (Phi) is 21.2. The van der Waals surface area contributed by atoms with Crippen molar-refractivity contribution in [1.82, 2.24) is 0 Å². The summed E-state index contributed by atoms with van der Waals surface area (Å²) in [5.41, 5.74) is 0. The third-order valence-electron chi connectivity index (χ3n) is 6.79. The standard InChI is InChI=1S/C25H30F18O7S.Li/c26-18(27,20(30,31)22(34,35)24(38,39)40)9-5-1-3-7-11-47-16(44)13-15(14-51-50-49-46)17(45)48-12-8-4-2-6-10-19(28,29)21(32,33)23(36,37)25(41,42)43;/h15,46H,1-14H2;/q;+1/p-1. The Morgan fingerprint density at radius 3 is 1.27 bits per heavy atom. The Morgan fingerprint density at radius 1 is 0.538 bits per heavy atom. The fourth-order valence-corrected chi connectivity index (χ4v) is 4.32. The normalized spacial score (nSPS) is 14.5. The van der Waals surface area contributed by atoms with Crippen molar-refractivity contribution in [3.05, 3.63) is 0 Å². The van der Waals surface area contributed by atoms with E-state index in [9.17, 15) is 93.9 Å². The SMILES string of the molecule is O=C(CC(CSOO[O-])C(=O)OCCCCCCC(F)(F)C(F)(F)C(F)(F)C(F)(F)F)OCCCCCCC(F)(F)C(F)(F)C(F)(F)C(F)(F)F.[Li+]. The maximum atomic E-state index is 13.5. The van der Waals surface area contributed by atoms with Crippen molar-refractivity contribution >= 4 is 24.0 Å². The van der Waals surface area contributed by atoms with Gasteiger partial charge in [0.2, 0.25) is 0 Å². The summed E-state index contributed by atoms with van der Waals surface area (Å²) in [6, 6.07) is 0. The molecule has 0 aliphatic heterocycles. The molecular formula is C25H29F18LiO7S. The van der Waals surface area contributed by atoms with E-state index in [2.05, 4.69) is 9.37 Å². The molecule has 0 saturated heterocycles. The Labute approximate surface area is 299 Å². The first-order valence-corrected chi connectivity index (χ1v) is 15.2. The second kappa shape index (κ2) is 21.0. The van der Waals surface area contributed by atoms with Crippen molar-refractivity contribution in [3.8, 4) is 0 Å². The first-order valence-electron chi connectivity index (χ1n) is 14.3. The Balaban J connectivity index is 0. The van der Waals surface area contributed by atoms with Crippen LogP contribution in [-0.2, 0) is 28.4 Å². The molecule has 0 fully saturated rings. The van der Waals surface area contributed by atoms with Crippen LogP contribution in [-0.4, -0.2) is 78.8 Å². The summed E-state index contributed by atoms with van der Waals surface area (Å²) in [5, 5.41) is 13.0. The van der Waals surface area contributed by atoms with Crippen LogP contribution in [0.25, 0.3) is 0 Å². The number of rotatable bonds is 25. The predicted molar refractivity (Wildman–Crippen MR) is 133 cm³/mol. The number of carbonyl (C=O) groups is 2. The molecule has 0 aromatic rings. The molecule has 0 bridgehead atoms. The van der Waals surface area contributed by atoms with Gasteiger partial charge in [-0.15, -0.1) is 0 Å². The van der Waals surface area contributed by atoms with Gasteiger partial charge in [-0.05, 0) is 25.7 Å². The average molecular weight is 822 g/mol. The van der Waals surface area contributed by atoms with Crippen LogP contribution >= 0.6 is 12.0 Å². The molecule has 0 aliphatic carbocycles. The van der Waals surface area contributed by atoms with Gasteiger partial charge >= 0.3 is 78.7 Å². The first-order chi connectivity index (χ1) is 22.9. The van der Waals surface area contributed by atoms with E-state index >= 15 is 0 Å². The quantitative estimate of drug-likeness (QED) is 0.0218. The number of unbranched alkanes of at least 4 members (excludes halogenated alkanes) is 6. The maximum absolute atomic E-state index is 13.5. The van der Waals surface area contributed by atoms with E-state index in [1.807, 2.05) is 0 Å². The summed E-state index contributed by atoms with van der Waals surface area (Å²) in [7, 11) is 0. The van der Waals surface area contributed by atoms with E-state index in [0.717, 1.165) is 0 Å². The molecule has 27 heteroatoms. The largest absolute Gasteiger partial charge is 1.00 e. The summed E-state index contributed by atoms with van der Waals surface area (Å²) in [6.07, 6.45) is -22.1. The molecule has 0 spiro atoms. The third kappa shape index (κ3) is 14.3. The fraction of sp³-hybridized carbons (Fsp3) is 0.920. The molecule has 0 rings (SSSR count).